The van der Waals surface area contributed by atoms with Gasteiger partial charge >= 0.3 is 0 Å². The minimum atomic E-state index is 0.0704. The zero-order chi connectivity index (χ0) is 14.4. The molecule has 108 valence electrons. The third-order valence-corrected chi connectivity index (χ3v) is 4.34. The normalized spacial score (nSPS) is 16.5. The van der Waals surface area contributed by atoms with Crippen molar-refractivity contribution in [2.45, 2.75) is 32.4 Å². The molecule has 3 N–H and O–H groups in total. The summed E-state index contributed by atoms with van der Waals surface area (Å²) in [6.45, 7) is 4.97. The summed E-state index contributed by atoms with van der Waals surface area (Å²) in [4.78, 5) is 14.8. The van der Waals surface area contributed by atoms with Gasteiger partial charge in [-0.25, -0.2) is 0 Å². The molecule has 0 atom stereocenters. The summed E-state index contributed by atoms with van der Waals surface area (Å²) in [5.41, 5.74) is 6.52. The lowest BCUT2D eigenvalue weighted by Crippen LogP contribution is -2.43. The molecule has 1 saturated heterocycles. The molecule has 1 aliphatic heterocycles. The first-order valence-electron chi connectivity index (χ1n) is 6.94. The Kier molecular flexibility index (Phi) is 5.60. The van der Waals surface area contributed by atoms with Crippen LogP contribution < -0.4 is 11.1 Å². The number of carbonyl (C=O) groups is 1. The molecule has 1 aromatic heterocycles. The van der Waals surface area contributed by atoms with E-state index in [1.807, 2.05) is 0 Å². The van der Waals surface area contributed by atoms with E-state index >= 15 is 0 Å². The maximum absolute atomic E-state index is 11.0. The van der Waals surface area contributed by atoms with Crippen molar-refractivity contribution in [1.82, 2.24) is 10.2 Å². The SMILES string of the molecule is CC(=O)NC1CCN(Cc2sccc2C#CCN)CC1. The van der Waals surface area contributed by atoms with Gasteiger partial charge in [0.15, 0.2) is 0 Å². The summed E-state index contributed by atoms with van der Waals surface area (Å²) < 4.78 is 0. The molecule has 1 aliphatic rings. The number of nitrogens with zero attached hydrogens (tertiary/aromatic N) is 1. The highest BCUT2D eigenvalue weighted by molar-refractivity contribution is 7.10. The number of hydrogen-bond donors (Lipinski definition) is 2. The quantitative estimate of drug-likeness (QED) is 0.822. The van der Waals surface area contributed by atoms with Crippen molar-refractivity contribution in [3.63, 3.8) is 0 Å². The van der Waals surface area contributed by atoms with Gasteiger partial charge in [-0.2, -0.15) is 0 Å². The Labute approximate surface area is 124 Å². The Hall–Kier alpha value is -1.35. The van der Waals surface area contributed by atoms with Gasteiger partial charge in [-0.1, -0.05) is 11.8 Å². The van der Waals surface area contributed by atoms with Crippen molar-refractivity contribution < 1.29 is 4.79 Å². The summed E-state index contributed by atoms with van der Waals surface area (Å²) in [7, 11) is 0. The Morgan fingerprint density at radius 3 is 2.95 bits per heavy atom. The van der Waals surface area contributed by atoms with E-state index in [0.717, 1.165) is 38.0 Å². The molecule has 0 unspecified atom stereocenters. The molecule has 1 aromatic rings. The van der Waals surface area contributed by atoms with Gasteiger partial charge in [0.2, 0.25) is 5.91 Å². The number of carbonyl (C=O) groups excluding carboxylic acids is 1. The van der Waals surface area contributed by atoms with Crippen LogP contribution in [0.4, 0.5) is 0 Å². The topological polar surface area (TPSA) is 58.4 Å². The fourth-order valence-electron chi connectivity index (χ4n) is 2.45. The predicted octanol–water partition coefficient (Wildman–Crippen LogP) is 1.16. The van der Waals surface area contributed by atoms with Crippen LogP contribution in [0, 0.1) is 11.8 Å². The zero-order valence-corrected chi connectivity index (χ0v) is 12.6. The van der Waals surface area contributed by atoms with E-state index < -0.39 is 0 Å². The van der Waals surface area contributed by atoms with Gasteiger partial charge in [0.25, 0.3) is 0 Å². The van der Waals surface area contributed by atoms with Crippen LogP contribution in [0.1, 0.15) is 30.2 Å². The van der Waals surface area contributed by atoms with Crippen LogP contribution in [0.5, 0.6) is 0 Å². The summed E-state index contributed by atoms with van der Waals surface area (Å²) in [5.74, 6) is 6.11. The van der Waals surface area contributed by atoms with Crippen molar-refractivity contribution in [2.75, 3.05) is 19.6 Å². The molecule has 0 spiro atoms. The summed E-state index contributed by atoms with van der Waals surface area (Å²) >= 11 is 1.75. The lowest BCUT2D eigenvalue weighted by atomic mass is 10.0. The van der Waals surface area contributed by atoms with Gasteiger partial charge in [-0.05, 0) is 24.3 Å². The monoisotopic (exact) mass is 291 g/mol. The number of piperidine rings is 1. The van der Waals surface area contributed by atoms with Crippen LogP contribution in [-0.4, -0.2) is 36.5 Å². The zero-order valence-electron chi connectivity index (χ0n) is 11.8. The Morgan fingerprint density at radius 1 is 1.55 bits per heavy atom. The second kappa shape index (κ2) is 7.44. The molecule has 5 heteroatoms. The van der Waals surface area contributed by atoms with Crippen LogP contribution in [-0.2, 0) is 11.3 Å². The van der Waals surface area contributed by atoms with Crippen LogP contribution in [0.2, 0.25) is 0 Å². The van der Waals surface area contributed by atoms with E-state index in [-0.39, 0.29) is 5.91 Å². The lowest BCUT2D eigenvalue weighted by Gasteiger charge is -2.31. The molecule has 1 amide bonds. The number of hydrogen-bond acceptors (Lipinski definition) is 4. The van der Waals surface area contributed by atoms with Gasteiger partial charge < -0.3 is 11.1 Å². The third-order valence-electron chi connectivity index (χ3n) is 3.43. The van der Waals surface area contributed by atoms with Crippen molar-refractivity contribution in [3.8, 4) is 11.8 Å². The average molecular weight is 291 g/mol. The smallest absolute Gasteiger partial charge is 0.217 e. The average Bonchev–Trinajstić information content (AvgIpc) is 2.85. The maximum atomic E-state index is 11.0. The number of nitrogens with one attached hydrogen (secondary N) is 1. The van der Waals surface area contributed by atoms with E-state index in [9.17, 15) is 4.79 Å². The van der Waals surface area contributed by atoms with E-state index in [2.05, 4.69) is 33.5 Å². The molecule has 1 fully saturated rings. The molecular weight excluding hydrogens is 270 g/mol. The van der Waals surface area contributed by atoms with Gasteiger partial charge in [0.1, 0.15) is 0 Å². The van der Waals surface area contributed by atoms with E-state index in [1.165, 1.54) is 4.88 Å². The molecular formula is C15H21N3OS. The lowest BCUT2D eigenvalue weighted by molar-refractivity contribution is -0.119. The summed E-state index contributed by atoms with van der Waals surface area (Å²) in [6, 6.07) is 2.40. The van der Waals surface area contributed by atoms with E-state index in [4.69, 9.17) is 5.73 Å². The molecule has 0 radical (unpaired) electrons. The fourth-order valence-corrected chi connectivity index (χ4v) is 3.32. The highest BCUT2D eigenvalue weighted by Crippen LogP contribution is 2.20. The van der Waals surface area contributed by atoms with Gasteiger partial charge in [-0.3, -0.25) is 9.69 Å². The number of rotatable bonds is 3. The minimum absolute atomic E-state index is 0.0704. The highest BCUT2D eigenvalue weighted by atomic mass is 32.1. The first kappa shape index (κ1) is 15.0. The molecule has 0 aromatic carbocycles. The van der Waals surface area contributed by atoms with Gasteiger partial charge in [0.05, 0.1) is 6.54 Å². The number of thiophene rings is 1. The van der Waals surface area contributed by atoms with Crippen molar-refractivity contribution in [1.29, 1.82) is 0 Å². The van der Waals surface area contributed by atoms with Crippen LogP contribution in [0.25, 0.3) is 0 Å². The molecule has 2 heterocycles. The highest BCUT2D eigenvalue weighted by Gasteiger charge is 2.20. The van der Waals surface area contributed by atoms with E-state index in [0.29, 0.717) is 12.6 Å². The van der Waals surface area contributed by atoms with Crippen LogP contribution >= 0.6 is 11.3 Å². The van der Waals surface area contributed by atoms with E-state index in [1.54, 1.807) is 18.3 Å². The predicted molar refractivity (Wildman–Crippen MR) is 82.4 cm³/mol. The summed E-state index contributed by atoms with van der Waals surface area (Å²) in [6.07, 6.45) is 2.05. The van der Waals surface area contributed by atoms with Crippen LogP contribution in [0.3, 0.4) is 0 Å². The van der Waals surface area contributed by atoms with Crippen LogP contribution in [0.15, 0.2) is 11.4 Å². The third kappa shape index (κ3) is 4.34. The number of likely N-dealkylation sites (tertiary alicyclic amines) is 1. The largest absolute Gasteiger partial charge is 0.354 e. The Balaban J connectivity index is 1.86. The Morgan fingerprint density at radius 2 is 2.30 bits per heavy atom. The minimum Gasteiger partial charge on any atom is -0.354 e. The molecule has 0 bridgehead atoms. The van der Waals surface area contributed by atoms with Gasteiger partial charge in [0, 0.05) is 43.0 Å². The molecule has 2 rings (SSSR count). The Bertz CT molecular complexity index is 507. The number of nitrogens with two attached hydrogens (primary N) is 1. The van der Waals surface area contributed by atoms with Gasteiger partial charge in [-0.15, -0.1) is 11.3 Å². The molecule has 4 nitrogen and oxygen atoms in total. The second-order valence-corrected chi connectivity index (χ2v) is 6.01. The first-order valence-corrected chi connectivity index (χ1v) is 7.81. The maximum Gasteiger partial charge on any atom is 0.217 e. The van der Waals surface area contributed by atoms with Crippen molar-refractivity contribution in [3.05, 3.63) is 21.9 Å². The number of amides is 1. The second-order valence-electron chi connectivity index (χ2n) is 5.01. The molecule has 20 heavy (non-hydrogen) atoms. The molecule has 0 saturated carbocycles. The first-order chi connectivity index (χ1) is 9.69. The van der Waals surface area contributed by atoms with Crippen molar-refractivity contribution in [2.24, 2.45) is 5.73 Å². The molecule has 0 aliphatic carbocycles. The fraction of sp³-hybridized carbons (Fsp3) is 0.533. The standard InChI is InChI=1S/C15H21N3OS/c1-12(19)17-14-4-8-18(9-5-14)11-15-13(3-2-7-16)6-10-20-15/h6,10,14H,4-5,7-9,11,16H2,1H3,(H,17,19). The summed E-state index contributed by atoms with van der Waals surface area (Å²) in [5, 5.41) is 5.08. The van der Waals surface area contributed by atoms with Crippen molar-refractivity contribution >= 4 is 17.2 Å².